The van der Waals surface area contributed by atoms with Crippen molar-refractivity contribution in [1.29, 1.82) is 0 Å². The Hall–Kier alpha value is -8.88. The molecule has 7 rings (SSSR count). The van der Waals surface area contributed by atoms with Crippen molar-refractivity contribution < 1.29 is 53.9 Å². The summed E-state index contributed by atoms with van der Waals surface area (Å²) < 4.78 is 74.9. The summed E-state index contributed by atoms with van der Waals surface area (Å²) in [6.45, 7) is 3.67. The van der Waals surface area contributed by atoms with Crippen LogP contribution in [0.25, 0.3) is 0 Å². The zero-order valence-electron chi connectivity index (χ0n) is 35.9. The average Bonchev–Trinajstić information content (AvgIpc) is 3.28. The average molecular weight is 957 g/mol. The second-order valence-corrected chi connectivity index (χ2v) is 17.6. The molecule has 0 saturated carbocycles. The highest BCUT2D eigenvalue weighted by Crippen LogP contribution is 2.28. The largest absolute Gasteiger partial charge is 0.417 e. The van der Waals surface area contributed by atoms with Gasteiger partial charge in [-0.2, -0.15) is 16.8 Å². The lowest BCUT2D eigenvalue weighted by Crippen LogP contribution is -2.20. The molecule has 0 aliphatic carbocycles. The number of hydrogen-bond donors (Lipinski definition) is 6. The van der Waals surface area contributed by atoms with E-state index >= 15 is 0 Å². The highest BCUT2D eigenvalue weighted by Gasteiger charge is 2.24. The number of amides is 6. The fourth-order valence-corrected chi connectivity index (χ4v) is 8.17. The number of carbonyl (C=O) groups is 4. The van der Waals surface area contributed by atoms with Gasteiger partial charge in [0.2, 0.25) is 0 Å². The van der Waals surface area contributed by atoms with Gasteiger partial charge >= 0.3 is 44.5 Å². The number of para-hydroxylation sites is 2. The van der Waals surface area contributed by atoms with Gasteiger partial charge < -0.3 is 39.1 Å². The molecule has 346 valence electrons. The van der Waals surface area contributed by atoms with Crippen molar-refractivity contribution in [3.63, 3.8) is 0 Å². The van der Waals surface area contributed by atoms with Crippen molar-refractivity contribution in [3.05, 3.63) is 181 Å². The van der Waals surface area contributed by atoms with Crippen molar-refractivity contribution in [2.75, 3.05) is 31.9 Å². The topological polar surface area (TPSA) is 246 Å². The smallest absolute Gasteiger partial charge is 0.410 e. The normalized spacial score (nSPS) is 11.0. The molecule has 0 aromatic heterocycles. The minimum Gasteiger partial charge on any atom is -0.410 e. The molecule has 0 spiro atoms. The van der Waals surface area contributed by atoms with E-state index in [1.54, 1.807) is 48.5 Å². The number of rotatable bonds is 14. The Morgan fingerprint density at radius 3 is 1.06 bits per heavy atom. The molecule has 6 N–H and O–H groups in total. The predicted molar refractivity (Wildman–Crippen MR) is 255 cm³/mol. The first-order chi connectivity index (χ1) is 32.6. The first-order valence-electron chi connectivity index (χ1n) is 20.2. The van der Waals surface area contributed by atoms with Crippen LogP contribution in [0, 0.1) is 13.8 Å². The summed E-state index contributed by atoms with van der Waals surface area (Å²) in [5, 5.41) is 15.6. The van der Waals surface area contributed by atoms with Gasteiger partial charge in [-0.05, 0) is 104 Å². The van der Waals surface area contributed by atoms with Crippen molar-refractivity contribution in [3.8, 4) is 23.0 Å². The molecule has 0 bridgehead atoms. The molecule has 0 aliphatic rings. The quantitative estimate of drug-likeness (QED) is 0.0558. The van der Waals surface area contributed by atoms with Crippen molar-refractivity contribution >= 4 is 78.6 Å². The first kappa shape index (κ1) is 47.1. The summed E-state index contributed by atoms with van der Waals surface area (Å²) in [5.41, 5.74) is 3.66. The lowest BCUT2D eigenvalue weighted by molar-refractivity contribution is 0.214. The van der Waals surface area contributed by atoms with Crippen LogP contribution in [0.5, 0.6) is 23.0 Å². The first-order valence-corrected chi connectivity index (χ1v) is 23.0. The van der Waals surface area contributed by atoms with Crippen LogP contribution in [0.1, 0.15) is 11.1 Å². The Balaban J connectivity index is 0.923. The van der Waals surface area contributed by atoms with Crippen molar-refractivity contribution in [1.82, 2.24) is 0 Å². The number of carbonyl (C=O) groups excluding carboxylic acids is 4. The van der Waals surface area contributed by atoms with Gasteiger partial charge in [0, 0.05) is 58.4 Å². The minimum atomic E-state index is -4.65. The van der Waals surface area contributed by atoms with Crippen molar-refractivity contribution in [2.24, 2.45) is 0 Å². The van der Waals surface area contributed by atoms with Gasteiger partial charge in [-0.1, -0.05) is 66.7 Å². The van der Waals surface area contributed by atoms with E-state index in [-0.39, 0.29) is 45.7 Å². The van der Waals surface area contributed by atoms with E-state index in [4.69, 9.17) is 17.8 Å². The maximum absolute atomic E-state index is 13.4. The molecule has 0 saturated heterocycles. The van der Waals surface area contributed by atoms with Crippen LogP contribution in [0.15, 0.2) is 180 Å². The molecule has 68 heavy (non-hydrogen) atoms. The molecule has 0 atom stereocenters. The van der Waals surface area contributed by atoms with Crippen LogP contribution in [0.2, 0.25) is 0 Å². The predicted octanol–water partition coefficient (Wildman–Crippen LogP) is 10.3. The lowest BCUT2D eigenvalue weighted by atomic mass is 10.2. The highest BCUT2D eigenvalue weighted by atomic mass is 32.2. The molecular weight excluding hydrogens is 917 g/mol. The van der Waals surface area contributed by atoms with Crippen LogP contribution < -0.4 is 49.7 Å². The maximum Gasteiger partial charge on any atom is 0.417 e. The summed E-state index contributed by atoms with van der Waals surface area (Å²) in [6.07, 6.45) is -1.46. The van der Waals surface area contributed by atoms with E-state index in [0.29, 0.717) is 11.4 Å². The van der Waals surface area contributed by atoms with E-state index in [1.165, 1.54) is 78.9 Å². The van der Waals surface area contributed by atoms with E-state index in [9.17, 15) is 36.0 Å². The monoisotopic (exact) mass is 956 g/mol. The minimum absolute atomic E-state index is 0.138. The summed E-state index contributed by atoms with van der Waals surface area (Å²) in [7, 11) is -9.29. The molecular formula is C48H40N6O12S2. The van der Waals surface area contributed by atoms with Crippen LogP contribution in [0.4, 0.5) is 53.3 Å². The van der Waals surface area contributed by atoms with E-state index in [1.807, 2.05) is 38.1 Å². The van der Waals surface area contributed by atoms with Gasteiger partial charge in [-0.25, -0.2) is 19.2 Å². The lowest BCUT2D eigenvalue weighted by Gasteiger charge is -2.13. The third kappa shape index (κ3) is 13.1. The number of benzene rings is 7. The Labute approximate surface area is 390 Å². The number of urea groups is 2. The molecule has 0 heterocycles. The van der Waals surface area contributed by atoms with Crippen LogP contribution in [-0.2, 0) is 20.2 Å². The summed E-state index contributed by atoms with van der Waals surface area (Å²) in [6, 6.07) is 40.2. The molecule has 0 fully saturated rings. The van der Waals surface area contributed by atoms with Gasteiger partial charge in [0.05, 0.1) is 0 Å². The number of anilines is 6. The van der Waals surface area contributed by atoms with Crippen LogP contribution in [-0.4, -0.2) is 41.1 Å². The molecule has 0 unspecified atom stereocenters. The molecule has 18 nitrogen and oxygen atoms in total. The number of hydrogen-bond acceptors (Lipinski definition) is 12. The second-order valence-electron chi connectivity index (χ2n) is 14.5. The zero-order chi connectivity index (χ0) is 48.3. The Morgan fingerprint density at radius 2 is 0.691 bits per heavy atom. The third-order valence-corrected chi connectivity index (χ3v) is 11.8. The second kappa shape index (κ2) is 21.0. The molecule has 0 radical (unpaired) electrons. The van der Waals surface area contributed by atoms with Gasteiger partial charge in [-0.15, -0.1) is 0 Å². The van der Waals surface area contributed by atoms with Gasteiger partial charge in [-0.3, -0.25) is 10.6 Å². The fourth-order valence-electron chi connectivity index (χ4n) is 6.16. The molecule has 7 aromatic carbocycles. The Kier molecular flexibility index (Phi) is 14.5. The van der Waals surface area contributed by atoms with Crippen molar-refractivity contribution in [2.45, 2.75) is 23.6 Å². The van der Waals surface area contributed by atoms with E-state index < -0.39 is 54.3 Å². The van der Waals surface area contributed by atoms with Crippen LogP contribution >= 0.6 is 0 Å². The molecule has 0 aliphatic heterocycles. The molecule has 20 heteroatoms. The zero-order valence-corrected chi connectivity index (χ0v) is 37.5. The van der Waals surface area contributed by atoms with Gasteiger partial charge in [0.1, 0.15) is 32.8 Å². The Bertz CT molecular complexity index is 3050. The number of ether oxygens (including phenoxy) is 2. The van der Waals surface area contributed by atoms with Gasteiger partial charge in [0.15, 0.2) is 0 Å². The van der Waals surface area contributed by atoms with E-state index in [0.717, 1.165) is 29.3 Å². The Morgan fingerprint density at radius 1 is 0.368 bits per heavy atom. The number of aryl methyl sites for hydroxylation is 2. The summed E-state index contributed by atoms with van der Waals surface area (Å²) >= 11 is 0. The fraction of sp³-hybridized carbons (Fsp3) is 0.0417. The molecule has 6 amide bonds. The third-order valence-electron chi connectivity index (χ3n) is 9.35. The highest BCUT2D eigenvalue weighted by molar-refractivity contribution is 7.88. The number of nitrogens with one attached hydrogen (secondary N) is 6. The van der Waals surface area contributed by atoms with E-state index in [2.05, 4.69) is 31.9 Å². The van der Waals surface area contributed by atoms with Crippen LogP contribution in [0.3, 0.4) is 0 Å². The standard InChI is InChI=1S/C48H40N6O12S2/c1-31-12-3-5-24-43(31)53-47(57)63-37-18-7-14-33(26-37)49-45(55)51-35-16-9-20-39(28-35)65-67(59,60)41-22-11-23-42(30-41)68(61,62)66-40-21-10-17-36(29-40)52-46(56)50-34-15-8-19-38(27-34)64-48(58)54-44-25-6-4-13-32(44)2/h3-30H,1-2H3,(H,53,57)(H,54,58)(H2,49,51,55)(H2,50,52,56). The summed E-state index contributed by atoms with van der Waals surface area (Å²) in [4.78, 5) is 49.6. The molecule has 7 aromatic rings. The SMILES string of the molecule is Cc1ccccc1NC(=O)Oc1cccc(NC(=O)Nc2cccc(OS(=O)(=O)c3cccc(S(=O)(=O)Oc4cccc(NC(=O)Nc5cccc(OC(=O)Nc6ccccc6C)c5)c4)c3)c2)c1. The summed E-state index contributed by atoms with van der Waals surface area (Å²) in [5.74, 6) is -0.120. The maximum atomic E-state index is 13.4. The van der Waals surface area contributed by atoms with Gasteiger partial charge in [0.25, 0.3) is 0 Å².